The molecule has 1 aromatic rings. The normalized spacial score (nSPS) is 27.7. The van der Waals surface area contributed by atoms with Crippen molar-refractivity contribution < 1.29 is 4.79 Å². The van der Waals surface area contributed by atoms with Crippen LogP contribution in [0.1, 0.15) is 61.8 Å². The second kappa shape index (κ2) is 6.03. The molecular weight excluding hydrogens is 276 g/mol. The first-order valence-corrected chi connectivity index (χ1v) is 8.66. The first-order chi connectivity index (χ1) is 10.5. The summed E-state index contributed by atoms with van der Waals surface area (Å²) in [4.78, 5) is 14.7. The van der Waals surface area contributed by atoms with Gasteiger partial charge in [-0.05, 0) is 50.5 Å². The van der Waals surface area contributed by atoms with Gasteiger partial charge in [0.1, 0.15) is 0 Å². The van der Waals surface area contributed by atoms with Crippen LogP contribution in [0.2, 0.25) is 0 Å². The molecule has 5 nitrogen and oxygen atoms in total. The van der Waals surface area contributed by atoms with Gasteiger partial charge in [-0.25, -0.2) is 0 Å². The Morgan fingerprint density at radius 3 is 2.73 bits per heavy atom. The minimum atomic E-state index is 0.0782. The molecule has 1 saturated carbocycles. The van der Waals surface area contributed by atoms with Crippen LogP contribution in [0.15, 0.2) is 6.07 Å². The predicted molar refractivity (Wildman–Crippen MR) is 86.7 cm³/mol. The number of aromatic nitrogens is 2. The molecule has 2 aliphatic rings. The maximum atomic E-state index is 12.8. The Bertz CT molecular complexity index is 549. The van der Waals surface area contributed by atoms with Crippen LogP contribution in [0, 0.1) is 18.8 Å². The SMILES string of the molecule is CCC(CC)n1nc(C(=O)N2CC3CCC(N)C3C2)cc1C. The fourth-order valence-electron chi connectivity index (χ4n) is 4.23. The van der Waals surface area contributed by atoms with Gasteiger partial charge in [-0.2, -0.15) is 5.10 Å². The average Bonchev–Trinajstić information content (AvgIpc) is 3.17. The van der Waals surface area contributed by atoms with Gasteiger partial charge in [-0.3, -0.25) is 9.48 Å². The number of carbonyl (C=O) groups excluding carboxylic acids is 1. The zero-order chi connectivity index (χ0) is 15.9. The molecule has 122 valence electrons. The van der Waals surface area contributed by atoms with Gasteiger partial charge < -0.3 is 10.6 Å². The van der Waals surface area contributed by atoms with Gasteiger partial charge >= 0.3 is 0 Å². The van der Waals surface area contributed by atoms with Crippen LogP contribution in [0.4, 0.5) is 0 Å². The maximum Gasteiger partial charge on any atom is 0.274 e. The maximum absolute atomic E-state index is 12.8. The van der Waals surface area contributed by atoms with Crippen LogP contribution < -0.4 is 5.73 Å². The Labute approximate surface area is 132 Å². The summed E-state index contributed by atoms with van der Waals surface area (Å²) in [6.45, 7) is 8.03. The van der Waals surface area contributed by atoms with Gasteiger partial charge in [0.25, 0.3) is 5.91 Å². The van der Waals surface area contributed by atoms with Crippen molar-refractivity contribution in [3.05, 3.63) is 17.5 Å². The molecule has 0 bridgehead atoms. The Morgan fingerprint density at radius 2 is 2.09 bits per heavy atom. The van der Waals surface area contributed by atoms with Crippen molar-refractivity contribution in [1.82, 2.24) is 14.7 Å². The monoisotopic (exact) mass is 304 g/mol. The summed E-state index contributed by atoms with van der Waals surface area (Å²) in [6, 6.07) is 2.59. The number of nitrogens with zero attached hydrogens (tertiary/aromatic N) is 3. The molecule has 3 unspecified atom stereocenters. The number of likely N-dealkylation sites (tertiary alicyclic amines) is 1. The summed E-state index contributed by atoms with van der Waals surface area (Å²) in [6.07, 6.45) is 4.35. The third-order valence-electron chi connectivity index (χ3n) is 5.63. The lowest BCUT2D eigenvalue weighted by Gasteiger charge is -2.18. The van der Waals surface area contributed by atoms with E-state index in [4.69, 9.17) is 5.73 Å². The molecule has 2 N–H and O–H groups in total. The van der Waals surface area contributed by atoms with E-state index < -0.39 is 0 Å². The number of aryl methyl sites for hydroxylation is 1. The third kappa shape index (κ3) is 2.56. The van der Waals surface area contributed by atoms with E-state index in [0.717, 1.165) is 44.5 Å². The number of nitrogens with two attached hydrogens (primary N) is 1. The number of hydrogen-bond acceptors (Lipinski definition) is 3. The van der Waals surface area contributed by atoms with E-state index in [-0.39, 0.29) is 11.9 Å². The van der Waals surface area contributed by atoms with Crippen LogP contribution in [-0.4, -0.2) is 39.7 Å². The number of fused-ring (bicyclic) bond motifs is 1. The van der Waals surface area contributed by atoms with Crippen molar-refractivity contribution in [2.24, 2.45) is 17.6 Å². The zero-order valence-corrected chi connectivity index (χ0v) is 14.0. The van der Waals surface area contributed by atoms with E-state index in [1.807, 2.05) is 22.6 Å². The van der Waals surface area contributed by atoms with Crippen molar-refractivity contribution in [3.8, 4) is 0 Å². The third-order valence-corrected chi connectivity index (χ3v) is 5.63. The van der Waals surface area contributed by atoms with Gasteiger partial charge in [0.15, 0.2) is 5.69 Å². The molecule has 5 heteroatoms. The van der Waals surface area contributed by atoms with Gasteiger partial charge in [0.05, 0.1) is 6.04 Å². The van der Waals surface area contributed by atoms with Crippen molar-refractivity contribution >= 4 is 5.91 Å². The van der Waals surface area contributed by atoms with E-state index in [2.05, 4.69) is 18.9 Å². The molecule has 1 aliphatic carbocycles. The van der Waals surface area contributed by atoms with E-state index in [1.54, 1.807) is 0 Å². The lowest BCUT2D eigenvalue weighted by atomic mass is 9.98. The summed E-state index contributed by atoms with van der Waals surface area (Å²) >= 11 is 0. The second-order valence-electron chi connectivity index (χ2n) is 6.96. The molecule has 0 spiro atoms. The Kier molecular flexibility index (Phi) is 4.26. The highest BCUT2D eigenvalue weighted by molar-refractivity contribution is 5.92. The lowest BCUT2D eigenvalue weighted by Crippen LogP contribution is -2.33. The predicted octanol–water partition coefficient (Wildman–Crippen LogP) is 2.36. The van der Waals surface area contributed by atoms with Crippen molar-refractivity contribution in [2.45, 2.75) is 58.5 Å². The number of hydrogen-bond donors (Lipinski definition) is 1. The van der Waals surface area contributed by atoms with Crippen LogP contribution in [0.25, 0.3) is 0 Å². The number of amides is 1. The molecule has 0 aromatic carbocycles. The number of rotatable bonds is 4. The van der Waals surface area contributed by atoms with Crippen LogP contribution in [-0.2, 0) is 0 Å². The van der Waals surface area contributed by atoms with Crippen LogP contribution in [0.5, 0.6) is 0 Å². The highest BCUT2D eigenvalue weighted by Gasteiger charge is 2.43. The van der Waals surface area contributed by atoms with E-state index in [9.17, 15) is 4.79 Å². The first-order valence-electron chi connectivity index (χ1n) is 8.66. The molecule has 2 fully saturated rings. The highest BCUT2D eigenvalue weighted by atomic mass is 16.2. The van der Waals surface area contributed by atoms with Crippen molar-refractivity contribution in [2.75, 3.05) is 13.1 Å². The minimum absolute atomic E-state index is 0.0782. The summed E-state index contributed by atoms with van der Waals surface area (Å²) in [7, 11) is 0. The minimum Gasteiger partial charge on any atom is -0.337 e. The van der Waals surface area contributed by atoms with Gasteiger partial charge in [0.2, 0.25) is 0 Å². The molecule has 3 atom stereocenters. The molecule has 22 heavy (non-hydrogen) atoms. The van der Waals surface area contributed by atoms with Crippen molar-refractivity contribution in [1.29, 1.82) is 0 Å². The second-order valence-corrected chi connectivity index (χ2v) is 6.96. The van der Waals surface area contributed by atoms with E-state index >= 15 is 0 Å². The van der Waals surface area contributed by atoms with E-state index in [1.165, 1.54) is 0 Å². The lowest BCUT2D eigenvalue weighted by molar-refractivity contribution is 0.0772. The molecule has 1 aliphatic heterocycles. The Hall–Kier alpha value is -1.36. The molecule has 1 aromatic heterocycles. The molecule has 3 rings (SSSR count). The molecule has 0 radical (unpaired) electrons. The molecular formula is C17H28N4O. The van der Waals surface area contributed by atoms with Gasteiger partial charge in [-0.1, -0.05) is 13.8 Å². The molecule has 1 amide bonds. The van der Waals surface area contributed by atoms with Crippen LogP contribution in [0.3, 0.4) is 0 Å². The van der Waals surface area contributed by atoms with Crippen molar-refractivity contribution in [3.63, 3.8) is 0 Å². The Morgan fingerprint density at radius 1 is 1.36 bits per heavy atom. The molecule has 1 saturated heterocycles. The average molecular weight is 304 g/mol. The summed E-state index contributed by atoms with van der Waals surface area (Å²) in [5.74, 6) is 1.17. The summed E-state index contributed by atoms with van der Waals surface area (Å²) in [5.41, 5.74) is 7.84. The Balaban J connectivity index is 1.75. The topological polar surface area (TPSA) is 64.2 Å². The number of carbonyl (C=O) groups is 1. The first kappa shape index (κ1) is 15.5. The summed E-state index contributed by atoms with van der Waals surface area (Å²) < 4.78 is 2.02. The fraction of sp³-hybridized carbons (Fsp3) is 0.765. The van der Waals surface area contributed by atoms with Gasteiger partial charge in [0, 0.05) is 24.8 Å². The van der Waals surface area contributed by atoms with Gasteiger partial charge in [-0.15, -0.1) is 0 Å². The zero-order valence-electron chi connectivity index (χ0n) is 14.0. The smallest absolute Gasteiger partial charge is 0.274 e. The standard InChI is InChI=1S/C17H28N4O/c1-4-13(5-2)21-11(3)8-16(19-21)17(22)20-9-12-6-7-15(18)14(12)10-20/h8,12-15H,4-7,9-10,18H2,1-3H3. The fourth-order valence-corrected chi connectivity index (χ4v) is 4.23. The summed E-state index contributed by atoms with van der Waals surface area (Å²) in [5, 5.41) is 4.60. The molecule has 2 heterocycles. The van der Waals surface area contributed by atoms with Crippen LogP contribution >= 0.6 is 0 Å². The van der Waals surface area contributed by atoms with E-state index in [0.29, 0.717) is 23.6 Å². The largest absolute Gasteiger partial charge is 0.337 e. The highest BCUT2D eigenvalue weighted by Crippen LogP contribution is 2.37. The quantitative estimate of drug-likeness (QED) is 0.928.